The Morgan fingerprint density at radius 1 is 1.36 bits per heavy atom. The molecular formula is C13H17N6O3. The number of aromatic nitrogens is 4. The Bertz CT molecular complexity index is 645. The van der Waals surface area contributed by atoms with Gasteiger partial charge in [-0.2, -0.15) is 15.1 Å². The average Bonchev–Trinajstić information content (AvgIpc) is 2.97. The number of primary amides is 1. The fourth-order valence-electron chi connectivity index (χ4n) is 1.79. The van der Waals surface area contributed by atoms with Gasteiger partial charge in [-0.1, -0.05) is 0 Å². The molecule has 2 rings (SSSR count). The Labute approximate surface area is 127 Å². The van der Waals surface area contributed by atoms with Gasteiger partial charge in [0.2, 0.25) is 17.7 Å². The van der Waals surface area contributed by atoms with Gasteiger partial charge in [0.15, 0.2) is 5.69 Å². The molecule has 0 saturated carbocycles. The molecule has 0 spiro atoms. The maximum atomic E-state index is 10.9. The van der Waals surface area contributed by atoms with E-state index in [2.05, 4.69) is 26.4 Å². The van der Waals surface area contributed by atoms with Gasteiger partial charge >= 0.3 is 0 Å². The minimum absolute atomic E-state index is 0.106. The van der Waals surface area contributed by atoms with E-state index in [0.29, 0.717) is 30.8 Å². The summed E-state index contributed by atoms with van der Waals surface area (Å²) in [6, 6.07) is 2.68. The number of carbonyl (C=O) groups excluding carboxylic acids is 1. The van der Waals surface area contributed by atoms with E-state index < -0.39 is 5.91 Å². The zero-order valence-electron chi connectivity index (χ0n) is 12.6. The van der Waals surface area contributed by atoms with E-state index in [0.717, 1.165) is 5.56 Å². The number of amides is 1. The van der Waals surface area contributed by atoms with Crippen molar-refractivity contribution in [2.45, 2.75) is 13.5 Å². The highest BCUT2D eigenvalue weighted by Gasteiger charge is 2.11. The van der Waals surface area contributed by atoms with Crippen molar-refractivity contribution in [3.63, 3.8) is 0 Å². The predicted octanol–water partition coefficient (Wildman–Crippen LogP) is 0.00991. The topological polar surface area (TPSA) is 117 Å². The third kappa shape index (κ3) is 3.43. The van der Waals surface area contributed by atoms with Gasteiger partial charge in [-0.3, -0.25) is 9.48 Å². The summed E-state index contributed by atoms with van der Waals surface area (Å²) in [6.45, 7) is 2.79. The molecule has 1 amide bonds. The minimum atomic E-state index is -0.608. The number of methoxy groups -OCH3 is 2. The van der Waals surface area contributed by atoms with Gasteiger partial charge in [0.05, 0.1) is 26.3 Å². The van der Waals surface area contributed by atoms with E-state index in [1.165, 1.54) is 14.2 Å². The first kappa shape index (κ1) is 15.5. The minimum Gasteiger partial charge on any atom is -0.481 e. The van der Waals surface area contributed by atoms with Crippen molar-refractivity contribution >= 4 is 11.9 Å². The summed E-state index contributed by atoms with van der Waals surface area (Å²) in [5, 5.41) is 7.01. The highest BCUT2D eigenvalue weighted by molar-refractivity contribution is 5.90. The van der Waals surface area contributed by atoms with Crippen LogP contribution in [0.2, 0.25) is 0 Å². The van der Waals surface area contributed by atoms with Crippen molar-refractivity contribution in [2.24, 2.45) is 5.73 Å². The SMILES string of the molecule is COc1nc(NCCn2c[c]c(C(N)=O)n2)nc(OC)c1C. The van der Waals surface area contributed by atoms with Gasteiger partial charge in [-0.05, 0) is 6.92 Å². The average molecular weight is 305 g/mol. The maximum absolute atomic E-state index is 10.9. The van der Waals surface area contributed by atoms with Crippen molar-refractivity contribution < 1.29 is 14.3 Å². The number of ether oxygens (including phenoxy) is 2. The van der Waals surface area contributed by atoms with Gasteiger partial charge in [-0.15, -0.1) is 0 Å². The molecule has 2 heterocycles. The molecule has 0 fully saturated rings. The first-order chi connectivity index (χ1) is 10.5. The summed E-state index contributed by atoms with van der Waals surface area (Å²) in [5.74, 6) is 0.657. The van der Waals surface area contributed by atoms with Gasteiger partial charge in [0.1, 0.15) is 0 Å². The molecule has 2 aromatic rings. The van der Waals surface area contributed by atoms with Crippen LogP contribution in [-0.2, 0) is 6.54 Å². The molecule has 117 valence electrons. The maximum Gasteiger partial charge on any atom is 0.269 e. The number of hydrogen-bond donors (Lipinski definition) is 2. The van der Waals surface area contributed by atoms with Gasteiger partial charge < -0.3 is 20.5 Å². The first-order valence-corrected chi connectivity index (χ1v) is 6.50. The zero-order valence-corrected chi connectivity index (χ0v) is 12.6. The van der Waals surface area contributed by atoms with Crippen molar-refractivity contribution in [2.75, 3.05) is 26.1 Å². The molecule has 0 aliphatic heterocycles. The normalized spacial score (nSPS) is 10.3. The van der Waals surface area contributed by atoms with E-state index in [-0.39, 0.29) is 5.69 Å². The van der Waals surface area contributed by atoms with Crippen LogP contribution in [0.15, 0.2) is 6.20 Å². The Balaban J connectivity index is 2.00. The molecule has 0 atom stereocenters. The second kappa shape index (κ2) is 6.74. The number of rotatable bonds is 7. The molecule has 2 aromatic heterocycles. The van der Waals surface area contributed by atoms with E-state index in [1.54, 1.807) is 10.9 Å². The van der Waals surface area contributed by atoms with Crippen LogP contribution in [-0.4, -0.2) is 46.4 Å². The van der Waals surface area contributed by atoms with Crippen LogP contribution in [0.25, 0.3) is 0 Å². The molecular weight excluding hydrogens is 288 g/mol. The van der Waals surface area contributed by atoms with E-state index in [9.17, 15) is 4.79 Å². The molecule has 3 N–H and O–H groups in total. The molecule has 9 nitrogen and oxygen atoms in total. The van der Waals surface area contributed by atoms with Crippen molar-refractivity contribution in [3.05, 3.63) is 23.5 Å². The number of carbonyl (C=O) groups is 1. The van der Waals surface area contributed by atoms with Crippen LogP contribution in [0, 0.1) is 13.0 Å². The van der Waals surface area contributed by atoms with Crippen molar-refractivity contribution in [1.82, 2.24) is 19.7 Å². The first-order valence-electron chi connectivity index (χ1n) is 6.50. The van der Waals surface area contributed by atoms with E-state index >= 15 is 0 Å². The molecule has 0 saturated heterocycles. The number of nitrogens with two attached hydrogens (primary N) is 1. The van der Waals surface area contributed by atoms with Crippen LogP contribution in [0.5, 0.6) is 11.8 Å². The monoisotopic (exact) mass is 305 g/mol. The quantitative estimate of drug-likeness (QED) is 0.740. The molecule has 0 aromatic carbocycles. The lowest BCUT2D eigenvalue weighted by atomic mass is 10.3. The molecule has 0 unspecified atom stereocenters. The van der Waals surface area contributed by atoms with Crippen LogP contribution >= 0.6 is 0 Å². The van der Waals surface area contributed by atoms with Gasteiger partial charge in [-0.25, -0.2) is 0 Å². The zero-order chi connectivity index (χ0) is 16.1. The third-order valence-corrected chi connectivity index (χ3v) is 2.88. The number of hydrogen-bond acceptors (Lipinski definition) is 7. The molecule has 1 radical (unpaired) electrons. The summed E-state index contributed by atoms with van der Waals surface area (Å²) < 4.78 is 11.9. The third-order valence-electron chi connectivity index (χ3n) is 2.88. The number of nitrogens with zero attached hydrogens (tertiary/aromatic N) is 4. The summed E-state index contributed by atoms with van der Waals surface area (Å²) in [6.07, 6.45) is 1.55. The number of nitrogens with one attached hydrogen (secondary N) is 1. The fraction of sp³-hybridized carbons (Fsp3) is 0.385. The highest BCUT2D eigenvalue weighted by atomic mass is 16.5. The van der Waals surface area contributed by atoms with E-state index in [4.69, 9.17) is 15.2 Å². The van der Waals surface area contributed by atoms with Crippen LogP contribution in [0.4, 0.5) is 5.95 Å². The Hall–Kier alpha value is -2.84. The van der Waals surface area contributed by atoms with Gasteiger partial charge in [0.25, 0.3) is 5.91 Å². The smallest absolute Gasteiger partial charge is 0.269 e. The summed E-state index contributed by atoms with van der Waals surface area (Å²) >= 11 is 0. The van der Waals surface area contributed by atoms with E-state index in [1.807, 2.05) is 6.92 Å². The Kier molecular flexibility index (Phi) is 4.77. The molecule has 0 aliphatic rings. The van der Waals surface area contributed by atoms with Crippen molar-refractivity contribution in [1.29, 1.82) is 0 Å². The second-order valence-electron chi connectivity index (χ2n) is 4.37. The highest BCUT2D eigenvalue weighted by Crippen LogP contribution is 2.24. The molecule has 9 heteroatoms. The summed E-state index contributed by atoms with van der Waals surface area (Å²) in [5.41, 5.74) is 5.95. The predicted molar refractivity (Wildman–Crippen MR) is 77.9 cm³/mol. The van der Waals surface area contributed by atoms with Crippen LogP contribution in [0.1, 0.15) is 16.1 Å². The number of anilines is 1. The standard InChI is InChI=1S/C13H17N6O3/c1-8-11(21-2)16-13(17-12(8)22-3)15-5-7-19-6-4-9(18-19)10(14)20/h6H,5,7H2,1-3H3,(H2,14,20)(H,15,16,17). The van der Waals surface area contributed by atoms with Crippen LogP contribution < -0.4 is 20.5 Å². The molecule has 22 heavy (non-hydrogen) atoms. The Morgan fingerprint density at radius 3 is 2.50 bits per heavy atom. The summed E-state index contributed by atoms with van der Waals surface area (Å²) in [4.78, 5) is 19.4. The van der Waals surface area contributed by atoms with Gasteiger partial charge in [0, 0.05) is 18.8 Å². The summed E-state index contributed by atoms with van der Waals surface area (Å²) in [7, 11) is 3.06. The molecule has 0 bridgehead atoms. The Morgan fingerprint density at radius 2 is 2.00 bits per heavy atom. The van der Waals surface area contributed by atoms with Crippen molar-refractivity contribution in [3.8, 4) is 11.8 Å². The lowest BCUT2D eigenvalue weighted by molar-refractivity contribution is 0.0994. The largest absolute Gasteiger partial charge is 0.481 e. The lowest BCUT2D eigenvalue weighted by Gasteiger charge is -2.11. The van der Waals surface area contributed by atoms with Crippen LogP contribution in [0.3, 0.4) is 0 Å². The second-order valence-corrected chi connectivity index (χ2v) is 4.37. The molecule has 0 aliphatic carbocycles. The lowest BCUT2D eigenvalue weighted by Crippen LogP contribution is -2.16. The fourth-order valence-corrected chi connectivity index (χ4v) is 1.79.